The summed E-state index contributed by atoms with van der Waals surface area (Å²) in [6.45, 7) is 7.84. The Hall–Kier alpha value is -1.06. The van der Waals surface area contributed by atoms with Gasteiger partial charge in [-0.2, -0.15) is 0 Å². The van der Waals surface area contributed by atoms with Crippen molar-refractivity contribution in [2.75, 3.05) is 20.3 Å². The van der Waals surface area contributed by atoms with Crippen LogP contribution in [0.2, 0.25) is 0 Å². The number of nitrogens with one attached hydrogen (secondary N) is 1. The molecule has 0 saturated heterocycles. The molecule has 0 aliphatic rings. The Morgan fingerprint density at radius 1 is 1.29 bits per heavy atom. The molecule has 2 unspecified atom stereocenters. The zero-order valence-electron chi connectivity index (χ0n) is 11.2. The van der Waals surface area contributed by atoms with Crippen molar-refractivity contribution in [3.8, 4) is 5.75 Å². The summed E-state index contributed by atoms with van der Waals surface area (Å²) in [4.78, 5) is 0. The summed E-state index contributed by atoms with van der Waals surface area (Å²) in [7, 11) is 1.68. The third-order valence-electron chi connectivity index (χ3n) is 2.61. The van der Waals surface area contributed by atoms with E-state index >= 15 is 0 Å². The van der Waals surface area contributed by atoms with Gasteiger partial charge in [0, 0.05) is 13.2 Å². The Morgan fingerprint density at radius 2 is 2.06 bits per heavy atom. The van der Waals surface area contributed by atoms with E-state index in [0.717, 1.165) is 12.3 Å². The number of methoxy groups -OCH3 is 1. The quantitative estimate of drug-likeness (QED) is 0.791. The van der Waals surface area contributed by atoms with Gasteiger partial charge in [0.25, 0.3) is 0 Å². The fourth-order valence-electron chi connectivity index (χ4n) is 1.78. The summed E-state index contributed by atoms with van der Waals surface area (Å²) >= 11 is 0. The van der Waals surface area contributed by atoms with Crippen molar-refractivity contribution in [3.63, 3.8) is 0 Å². The highest BCUT2D eigenvalue weighted by atomic mass is 16.5. The number of rotatable bonds is 7. The van der Waals surface area contributed by atoms with E-state index in [4.69, 9.17) is 9.47 Å². The molecule has 0 fully saturated rings. The second kappa shape index (κ2) is 7.30. The topological polar surface area (TPSA) is 30.5 Å². The number of hydrogen-bond donors (Lipinski definition) is 1. The maximum absolute atomic E-state index is 5.77. The molecule has 96 valence electrons. The Balaban J connectivity index is 2.65. The molecule has 3 nitrogen and oxygen atoms in total. The lowest BCUT2D eigenvalue weighted by Gasteiger charge is -2.17. The van der Waals surface area contributed by atoms with Crippen LogP contribution < -0.4 is 10.1 Å². The second-order valence-corrected chi connectivity index (χ2v) is 4.24. The standard InChI is InChI=1S/C14H23NO2/c1-5-15-12(3)13-7-6-8-14(9-13)17-11(2)10-16-4/h6-9,11-12,15H,5,10H2,1-4H3. The molecule has 1 rings (SSSR count). The highest BCUT2D eigenvalue weighted by Gasteiger charge is 2.07. The van der Waals surface area contributed by atoms with Crippen LogP contribution in [0.5, 0.6) is 5.75 Å². The first kappa shape index (κ1) is 14.0. The summed E-state index contributed by atoms with van der Waals surface area (Å²) in [6.07, 6.45) is 0.0738. The Bertz CT molecular complexity index is 328. The van der Waals surface area contributed by atoms with Gasteiger partial charge < -0.3 is 14.8 Å². The molecule has 0 aliphatic carbocycles. The summed E-state index contributed by atoms with van der Waals surface area (Å²) in [6, 6.07) is 8.55. The highest BCUT2D eigenvalue weighted by molar-refractivity contribution is 5.30. The zero-order chi connectivity index (χ0) is 12.7. The van der Waals surface area contributed by atoms with Crippen LogP contribution in [-0.2, 0) is 4.74 Å². The fraction of sp³-hybridized carbons (Fsp3) is 0.571. The van der Waals surface area contributed by atoms with Gasteiger partial charge >= 0.3 is 0 Å². The third kappa shape index (κ3) is 4.75. The van der Waals surface area contributed by atoms with Gasteiger partial charge in [-0.3, -0.25) is 0 Å². The molecule has 0 radical (unpaired) electrons. The van der Waals surface area contributed by atoms with E-state index < -0.39 is 0 Å². The van der Waals surface area contributed by atoms with Crippen LogP contribution in [0.25, 0.3) is 0 Å². The average molecular weight is 237 g/mol. The molecule has 1 aromatic carbocycles. The van der Waals surface area contributed by atoms with Gasteiger partial charge in [0.1, 0.15) is 11.9 Å². The Labute approximate surface area is 104 Å². The molecule has 3 heteroatoms. The Morgan fingerprint density at radius 3 is 2.71 bits per heavy atom. The number of benzene rings is 1. The first-order valence-electron chi connectivity index (χ1n) is 6.16. The van der Waals surface area contributed by atoms with E-state index in [1.807, 2.05) is 19.1 Å². The van der Waals surface area contributed by atoms with E-state index in [-0.39, 0.29) is 6.10 Å². The van der Waals surface area contributed by atoms with Gasteiger partial charge in [0.2, 0.25) is 0 Å². The third-order valence-corrected chi connectivity index (χ3v) is 2.61. The van der Waals surface area contributed by atoms with Gasteiger partial charge in [-0.15, -0.1) is 0 Å². The molecule has 0 amide bonds. The molecule has 0 saturated carbocycles. The van der Waals surface area contributed by atoms with Gasteiger partial charge in [-0.25, -0.2) is 0 Å². The summed E-state index contributed by atoms with van der Waals surface area (Å²) in [5.74, 6) is 0.900. The minimum absolute atomic E-state index is 0.0738. The predicted molar refractivity (Wildman–Crippen MR) is 70.5 cm³/mol. The van der Waals surface area contributed by atoms with Crippen molar-refractivity contribution >= 4 is 0 Å². The molecule has 2 atom stereocenters. The Kier molecular flexibility index (Phi) is 6.01. The minimum atomic E-state index is 0.0738. The summed E-state index contributed by atoms with van der Waals surface area (Å²) < 4.78 is 10.8. The number of hydrogen-bond acceptors (Lipinski definition) is 3. The molecule has 1 N–H and O–H groups in total. The van der Waals surface area contributed by atoms with Crippen molar-refractivity contribution in [1.82, 2.24) is 5.32 Å². The van der Waals surface area contributed by atoms with Crippen LogP contribution in [0.15, 0.2) is 24.3 Å². The lowest BCUT2D eigenvalue weighted by Crippen LogP contribution is -2.19. The first-order chi connectivity index (χ1) is 8.17. The molecule has 0 aliphatic heterocycles. The van der Waals surface area contributed by atoms with E-state index in [9.17, 15) is 0 Å². The van der Waals surface area contributed by atoms with Crippen molar-refractivity contribution in [2.45, 2.75) is 32.9 Å². The zero-order valence-corrected chi connectivity index (χ0v) is 11.2. The maximum Gasteiger partial charge on any atom is 0.120 e. The van der Waals surface area contributed by atoms with Gasteiger partial charge in [-0.1, -0.05) is 19.1 Å². The van der Waals surface area contributed by atoms with Gasteiger partial charge in [0.05, 0.1) is 6.61 Å². The number of ether oxygens (including phenoxy) is 2. The van der Waals surface area contributed by atoms with Crippen LogP contribution in [0.1, 0.15) is 32.4 Å². The lowest BCUT2D eigenvalue weighted by molar-refractivity contribution is 0.0920. The fourth-order valence-corrected chi connectivity index (χ4v) is 1.78. The minimum Gasteiger partial charge on any atom is -0.488 e. The van der Waals surface area contributed by atoms with Crippen LogP contribution in [0, 0.1) is 0 Å². The SMILES string of the molecule is CCNC(C)c1cccc(OC(C)COC)c1. The summed E-state index contributed by atoms with van der Waals surface area (Å²) in [5.41, 5.74) is 1.24. The first-order valence-corrected chi connectivity index (χ1v) is 6.16. The molecule has 0 bridgehead atoms. The normalized spacial score (nSPS) is 14.4. The molecule has 1 aromatic rings. The van der Waals surface area contributed by atoms with Crippen molar-refractivity contribution < 1.29 is 9.47 Å². The molecular weight excluding hydrogens is 214 g/mol. The average Bonchev–Trinajstić information content (AvgIpc) is 2.30. The summed E-state index contributed by atoms with van der Waals surface area (Å²) in [5, 5.41) is 3.39. The van der Waals surface area contributed by atoms with E-state index in [2.05, 4.69) is 31.3 Å². The second-order valence-electron chi connectivity index (χ2n) is 4.24. The van der Waals surface area contributed by atoms with Crippen LogP contribution in [0.3, 0.4) is 0 Å². The van der Waals surface area contributed by atoms with E-state index in [1.165, 1.54) is 5.56 Å². The molecule has 0 heterocycles. The van der Waals surface area contributed by atoms with Gasteiger partial charge in [-0.05, 0) is 38.1 Å². The van der Waals surface area contributed by atoms with E-state index in [1.54, 1.807) is 7.11 Å². The van der Waals surface area contributed by atoms with E-state index in [0.29, 0.717) is 12.6 Å². The smallest absolute Gasteiger partial charge is 0.120 e. The van der Waals surface area contributed by atoms with Crippen molar-refractivity contribution in [2.24, 2.45) is 0 Å². The largest absolute Gasteiger partial charge is 0.488 e. The van der Waals surface area contributed by atoms with Crippen molar-refractivity contribution in [3.05, 3.63) is 29.8 Å². The molecule has 0 spiro atoms. The monoisotopic (exact) mass is 237 g/mol. The van der Waals surface area contributed by atoms with Crippen molar-refractivity contribution in [1.29, 1.82) is 0 Å². The molecule has 17 heavy (non-hydrogen) atoms. The predicted octanol–water partition coefficient (Wildman–Crippen LogP) is 2.77. The molecule has 0 aromatic heterocycles. The van der Waals surface area contributed by atoms with Crippen LogP contribution in [-0.4, -0.2) is 26.4 Å². The van der Waals surface area contributed by atoms with Gasteiger partial charge in [0.15, 0.2) is 0 Å². The maximum atomic E-state index is 5.77. The van der Waals surface area contributed by atoms with Crippen LogP contribution in [0.4, 0.5) is 0 Å². The molecular formula is C14H23NO2. The lowest BCUT2D eigenvalue weighted by atomic mass is 10.1. The van der Waals surface area contributed by atoms with Crippen LogP contribution >= 0.6 is 0 Å². The highest BCUT2D eigenvalue weighted by Crippen LogP contribution is 2.19.